The van der Waals surface area contributed by atoms with Crippen LogP contribution >= 0.6 is 0 Å². The van der Waals surface area contributed by atoms with Crippen LogP contribution in [0.25, 0.3) is 11.2 Å². The maximum absolute atomic E-state index is 13.5. The molecule has 5 atom stereocenters. The number of nitrogens with zero attached hydrogens (tertiary/aromatic N) is 7. The molecule has 13 nitrogen and oxygen atoms in total. The van der Waals surface area contributed by atoms with Gasteiger partial charge in [0.2, 0.25) is 0 Å². The topological polar surface area (TPSA) is 135 Å². The summed E-state index contributed by atoms with van der Waals surface area (Å²) in [6.45, 7) is 7.98. The Bertz CT molecular complexity index is 1210. The lowest BCUT2D eigenvalue weighted by Gasteiger charge is -2.28. The Kier molecular flexibility index (Phi) is 5.88. The van der Waals surface area contributed by atoms with Gasteiger partial charge in [-0.2, -0.15) is 0 Å². The highest BCUT2D eigenvalue weighted by Crippen LogP contribution is 2.45. The molecule has 0 spiro atoms. The van der Waals surface area contributed by atoms with Crippen LogP contribution in [0.1, 0.15) is 32.9 Å². The molecule has 5 heterocycles. The van der Waals surface area contributed by atoms with E-state index in [-0.39, 0.29) is 0 Å². The largest absolute Gasteiger partial charge is 0.480 e. The number of aliphatic carboxylic acids is 1. The molecule has 194 valence electrons. The highest BCUT2D eigenvalue weighted by Gasteiger charge is 2.59. The number of aromatic nitrogens is 4. The van der Waals surface area contributed by atoms with E-state index in [4.69, 9.17) is 14.2 Å². The van der Waals surface area contributed by atoms with Crippen LogP contribution in [-0.4, -0.2) is 104 Å². The van der Waals surface area contributed by atoms with Gasteiger partial charge in [0.25, 0.3) is 5.91 Å². The zero-order chi connectivity index (χ0) is 25.9. The molecule has 2 aromatic heterocycles. The van der Waals surface area contributed by atoms with E-state index in [1.54, 1.807) is 24.7 Å². The minimum atomic E-state index is -1.03. The van der Waals surface area contributed by atoms with Gasteiger partial charge in [0, 0.05) is 27.7 Å². The summed E-state index contributed by atoms with van der Waals surface area (Å²) in [7, 11) is 5.60. The lowest BCUT2D eigenvalue weighted by Crippen LogP contribution is -2.49. The molecule has 3 aliphatic heterocycles. The summed E-state index contributed by atoms with van der Waals surface area (Å²) in [5, 5.41) is 9.58. The van der Waals surface area contributed by atoms with Gasteiger partial charge in [-0.1, -0.05) is 6.58 Å². The SMILES string of the molecule is C=C(N(C)C)N(C)c1ncnc2c1ncn2C1OC(C(=O)N2CCCC2C(=O)O)C2OC(C)(C)OC21. The Balaban J connectivity index is 1.50. The number of likely N-dealkylation sites (tertiary alicyclic amines) is 1. The first-order valence-corrected chi connectivity index (χ1v) is 11.8. The number of fused-ring (bicyclic) bond motifs is 2. The Hall–Kier alpha value is -3.29. The maximum Gasteiger partial charge on any atom is 0.326 e. The molecule has 3 saturated heterocycles. The molecule has 36 heavy (non-hydrogen) atoms. The van der Waals surface area contributed by atoms with Crippen LogP contribution < -0.4 is 4.90 Å². The Morgan fingerprint density at radius 2 is 1.89 bits per heavy atom. The lowest BCUT2D eigenvalue weighted by molar-refractivity contribution is -0.200. The minimum Gasteiger partial charge on any atom is -0.480 e. The van der Waals surface area contributed by atoms with Crippen molar-refractivity contribution in [1.29, 1.82) is 0 Å². The molecule has 0 aromatic carbocycles. The number of carbonyl (C=O) groups is 2. The monoisotopic (exact) mass is 501 g/mol. The van der Waals surface area contributed by atoms with Crippen molar-refractivity contribution in [1.82, 2.24) is 29.3 Å². The summed E-state index contributed by atoms with van der Waals surface area (Å²) in [6.07, 6.45) is 0.881. The second-order valence-electron chi connectivity index (χ2n) is 9.93. The van der Waals surface area contributed by atoms with Crippen molar-refractivity contribution in [2.75, 3.05) is 32.6 Å². The molecule has 0 radical (unpaired) electrons. The number of ether oxygens (including phenoxy) is 3. The van der Waals surface area contributed by atoms with Crippen LogP contribution in [0.3, 0.4) is 0 Å². The molecule has 0 bridgehead atoms. The Morgan fingerprint density at radius 1 is 1.17 bits per heavy atom. The van der Waals surface area contributed by atoms with Crippen LogP contribution in [0, 0.1) is 0 Å². The fourth-order valence-corrected chi connectivity index (χ4v) is 5.14. The van der Waals surface area contributed by atoms with Crippen molar-refractivity contribution >= 4 is 28.9 Å². The number of anilines is 1. The first kappa shape index (κ1) is 24.4. The van der Waals surface area contributed by atoms with Crippen molar-refractivity contribution in [2.45, 2.75) is 63.1 Å². The normalized spacial score (nSPS) is 28.9. The van der Waals surface area contributed by atoms with Gasteiger partial charge < -0.3 is 34.0 Å². The molecule has 5 unspecified atom stereocenters. The molecule has 0 saturated carbocycles. The second-order valence-corrected chi connectivity index (χ2v) is 9.93. The van der Waals surface area contributed by atoms with E-state index < -0.39 is 48.2 Å². The van der Waals surface area contributed by atoms with Crippen LogP contribution in [0.4, 0.5) is 5.82 Å². The first-order chi connectivity index (χ1) is 17.0. The third kappa shape index (κ3) is 3.87. The van der Waals surface area contributed by atoms with E-state index in [2.05, 4.69) is 21.5 Å². The van der Waals surface area contributed by atoms with E-state index in [0.717, 1.165) is 0 Å². The third-order valence-electron chi connectivity index (χ3n) is 6.93. The number of hydrogen-bond acceptors (Lipinski definition) is 10. The fourth-order valence-electron chi connectivity index (χ4n) is 5.14. The summed E-state index contributed by atoms with van der Waals surface area (Å²) in [6, 6.07) is -0.876. The van der Waals surface area contributed by atoms with Crippen molar-refractivity contribution < 1.29 is 28.9 Å². The zero-order valence-electron chi connectivity index (χ0n) is 21.0. The van der Waals surface area contributed by atoms with Crippen molar-refractivity contribution in [3.05, 3.63) is 25.1 Å². The molecule has 3 fully saturated rings. The molecule has 0 aliphatic carbocycles. The number of amides is 1. The number of rotatable bonds is 6. The first-order valence-electron chi connectivity index (χ1n) is 11.8. The molecule has 3 aliphatic rings. The number of carbonyl (C=O) groups excluding carboxylic acids is 1. The average Bonchev–Trinajstić information content (AvgIpc) is 3.59. The van der Waals surface area contributed by atoms with Crippen LogP contribution in [0.2, 0.25) is 0 Å². The molecule has 1 amide bonds. The molecule has 2 aromatic rings. The average molecular weight is 502 g/mol. The van der Waals surface area contributed by atoms with Gasteiger partial charge in [-0.3, -0.25) is 9.36 Å². The Labute approximate surface area is 208 Å². The highest BCUT2D eigenvalue weighted by molar-refractivity contribution is 5.88. The predicted octanol–water partition coefficient (Wildman–Crippen LogP) is 0.788. The van der Waals surface area contributed by atoms with Gasteiger partial charge in [-0.05, 0) is 26.7 Å². The van der Waals surface area contributed by atoms with Crippen LogP contribution in [-0.2, 0) is 23.8 Å². The highest BCUT2D eigenvalue weighted by atomic mass is 16.8. The summed E-state index contributed by atoms with van der Waals surface area (Å²) in [5.41, 5.74) is 1.02. The molecule has 1 N–H and O–H groups in total. The number of carboxylic acids is 1. The third-order valence-corrected chi connectivity index (χ3v) is 6.93. The number of carboxylic acid groups (broad SMARTS) is 1. The zero-order valence-corrected chi connectivity index (χ0v) is 21.0. The standard InChI is InChI=1S/C23H31N7O6/c1-12(27(4)5)28(6)18-14-19(25-10-24-18)30(11-26-14)21-17-15(35-23(2,3)36-17)16(34-21)20(31)29-9-7-8-13(29)22(32)33/h10-11,13,15-17,21H,1,7-9H2,2-6H3,(H,32,33). The van der Waals surface area contributed by atoms with Gasteiger partial charge >= 0.3 is 5.97 Å². The molecular weight excluding hydrogens is 470 g/mol. The van der Waals surface area contributed by atoms with Gasteiger partial charge in [0.05, 0.1) is 6.33 Å². The van der Waals surface area contributed by atoms with Crippen LogP contribution in [0.5, 0.6) is 0 Å². The van der Waals surface area contributed by atoms with Crippen molar-refractivity contribution in [3.8, 4) is 0 Å². The molecule has 13 heteroatoms. The minimum absolute atomic E-state index is 0.356. The smallest absolute Gasteiger partial charge is 0.326 e. The Morgan fingerprint density at radius 3 is 2.58 bits per heavy atom. The summed E-state index contributed by atoms with van der Waals surface area (Å²) < 4.78 is 20.2. The number of imidazole rings is 1. The van der Waals surface area contributed by atoms with Gasteiger partial charge in [-0.15, -0.1) is 0 Å². The summed E-state index contributed by atoms with van der Waals surface area (Å²) >= 11 is 0. The summed E-state index contributed by atoms with van der Waals surface area (Å²) in [4.78, 5) is 43.6. The van der Waals surface area contributed by atoms with E-state index in [1.807, 2.05) is 30.9 Å². The van der Waals surface area contributed by atoms with E-state index in [9.17, 15) is 14.7 Å². The predicted molar refractivity (Wildman–Crippen MR) is 127 cm³/mol. The quantitative estimate of drug-likeness (QED) is 0.602. The van der Waals surface area contributed by atoms with Crippen molar-refractivity contribution in [2.24, 2.45) is 0 Å². The van der Waals surface area contributed by atoms with E-state index in [1.165, 1.54) is 11.2 Å². The molecular formula is C23H31N7O6. The second kappa shape index (κ2) is 8.68. The van der Waals surface area contributed by atoms with Gasteiger partial charge in [-0.25, -0.2) is 19.7 Å². The van der Waals surface area contributed by atoms with E-state index >= 15 is 0 Å². The van der Waals surface area contributed by atoms with Gasteiger partial charge in [0.15, 0.2) is 35.1 Å². The van der Waals surface area contributed by atoms with Gasteiger partial charge in [0.1, 0.15) is 30.4 Å². The van der Waals surface area contributed by atoms with Crippen LogP contribution in [0.15, 0.2) is 25.1 Å². The maximum atomic E-state index is 13.5. The molecule has 5 rings (SSSR count). The lowest BCUT2D eigenvalue weighted by atomic mass is 10.1. The fraction of sp³-hybridized carbons (Fsp3) is 0.609. The van der Waals surface area contributed by atoms with E-state index in [0.29, 0.717) is 42.2 Å². The summed E-state index contributed by atoms with van der Waals surface area (Å²) in [5.74, 6) is -1.12. The number of hydrogen-bond donors (Lipinski definition) is 1. The van der Waals surface area contributed by atoms with Crippen molar-refractivity contribution in [3.63, 3.8) is 0 Å².